The second kappa shape index (κ2) is 4.89. The zero-order chi connectivity index (χ0) is 11.3. The number of pyridine rings is 1. The van der Waals surface area contributed by atoms with Crippen LogP contribution in [0, 0.1) is 0 Å². The van der Waals surface area contributed by atoms with Crippen molar-refractivity contribution < 1.29 is 9.63 Å². The van der Waals surface area contributed by atoms with E-state index in [-0.39, 0.29) is 17.9 Å². The zero-order valence-corrected chi connectivity index (χ0v) is 9.28. The fraction of sp³-hybridized carbons (Fsp3) is 0.455. The molecule has 1 aromatic heterocycles. The SMILES string of the molecule is CC(C)(C)ONC(=O)Cc1cccnc1. The zero-order valence-electron chi connectivity index (χ0n) is 9.28. The molecule has 1 rings (SSSR count). The number of carbonyl (C=O) groups is 1. The molecule has 0 fully saturated rings. The van der Waals surface area contributed by atoms with Crippen LogP contribution in [0.5, 0.6) is 0 Å². The van der Waals surface area contributed by atoms with E-state index < -0.39 is 0 Å². The van der Waals surface area contributed by atoms with Crippen LogP contribution < -0.4 is 5.48 Å². The summed E-state index contributed by atoms with van der Waals surface area (Å²) >= 11 is 0. The Balaban J connectivity index is 2.38. The van der Waals surface area contributed by atoms with Gasteiger partial charge in [0.15, 0.2) is 0 Å². The minimum Gasteiger partial charge on any atom is -0.272 e. The summed E-state index contributed by atoms with van der Waals surface area (Å²) in [6.45, 7) is 5.62. The van der Waals surface area contributed by atoms with Gasteiger partial charge >= 0.3 is 0 Å². The minimum atomic E-state index is -0.370. The Hall–Kier alpha value is -1.42. The van der Waals surface area contributed by atoms with Crippen LogP contribution in [0.3, 0.4) is 0 Å². The summed E-state index contributed by atoms with van der Waals surface area (Å²) in [5.74, 6) is -0.169. The van der Waals surface area contributed by atoms with Gasteiger partial charge in [0.1, 0.15) is 0 Å². The number of hydrogen-bond donors (Lipinski definition) is 1. The molecule has 0 bridgehead atoms. The smallest absolute Gasteiger partial charge is 0.248 e. The molecule has 0 saturated carbocycles. The van der Waals surface area contributed by atoms with Crippen molar-refractivity contribution in [3.63, 3.8) is 0 Å². The summed E-state index contributed by atoms with van der Waals surface area (Å²) in [6.07, 6.45) is 3.62. The predicted molar refractivity (Wildman–Crippen MR) is 56.9 cm³/mol. The second-order valence-electron chi connectivity index (χ2n) is 4.28. The van der Waals surface area contributed by atoms with Gasteiger partial charge in [-0.25, -0.2) is 5.48 Å². The largest absolute Gasteiger partial charge is 0.272 e. The molecule has 0 spiro atoms. The number of rotatable bonds is 3. The first-order valence-corrected chi connectivity index (χ1v) is 4.83. The molecule has 15 heavy (non-hydrogen) atoms. The highest BCUT2D eigenvalue weighted by Gasteiger charge is 2.12. The second-order valence-corrected chi connectivity index (χ2v) is 4.28. The quantitative estimate of drug-likeness (QED) is 0.765. The molecule has 0 aliphatic rings. The molecule has 1 aromatic rings. The lowest BCUT2D eigenvalue weighted by atomic mass is 10.2. The number of amides is 1. The molecule has 0 atom stereocenters. The Kier molecular flexibility index (Phi) is 3.80. The van der Waals surface area contributed by atoms with Gasteiger partial charge in [0.25, 0.3) is 0 Å². The van der Waals surface area contributed by atoms with Crippen molar-refractivity contribution in [3.8, 4) is 0 Å². The third kappa shape index (κ3) is 5.12. The number of carbonyl (C=O) groups excluding carboxylic acids is 1. The van der Waals surface area contributed by atoms with Crippen molar-refractivity contribution in [1.29, 1.82) is 0 Å². The molecular weight excluding hydrogens is 192 g/mol. The Morgan fingerprint density at radius 2 is 2.27 bits per heavy atom. The molecule has 0 unspecified atom stereocenters. The van der Waals surface area contributed by atoms with Crippen LogP contribution in [0.2, 0.25) is 0 Å². The van der Waals surface area contributed by atoms with Gasteiger partial charge in [0, 0.05) is 12.4 Å². The molecule has 4 nitrogen and oxygen atoms in total. The van der Waals surface area contributed by atoms with E-state index in [1.807, 2.05) is 26.8 Å². The number of nitrogens with one attached hydrogen (secondary N) is 1. The molecule has 1 N–H and O–H groups in total. The fourth-order valence-electron chi connectivity index (χ4n) is 0.934. The van der Waals surface area contributed by atoms with Gasteiger partial charge in [0.2, 0.25) is 5.91 Å². The van der Waals surface area contributed by atoms with E-state index in [1.165, 1.54) is 0 Å². The molecule has 0 saturated heterocycles. The Bertz CT molecular complexity index is 317. The summed E-state index contributed by atoms with van der Waals surface area (Å²) in [5, 5.41) is 0. The highest BCUT2D eigenvalue weighted by atomic mass is 16.7. The van der Waals surface area contributed by atoms with Crippen molar-refractivity contribution in [2.24, 2.45) is 0 Å². The van der Waals surface area contributed by atoms with E-state index >= 15 is 0 Å². The van der Waals surface area contributed by atoms with Gasteiger partial charge < -0.3 is 0 Å². The summed E-state index contributed by atoms with van der Waals surface area (Å²) in [5.41, 5.74) is 2.90. The van der Waals surface area contributed by atoms with Crippen LogP contribution in [-0.4, -0.2) is 16.5 Å². The van der Waals surface area contributed by atoms with Crippen LogP contribution in [0.1, 0.15) is 26.3 Å². The molecule has 4 heteroatoms. The predicted octanol–water partition coefficient (Wildman–Crippen LogP) is 1.47. The van der Waals surface area contributed by atoms with Gasteiger partial charge in [-0.2, -0.15) is 0 Å². The molecule has 0 aliphatic carbocycles. The van der Waals surface area contributed by atoms with Crippen LogP contribution in [0.25, 0.3) is 0 Å². The van der Waals surface area contributed by atoms with E-state index in [0.717, 1.165) is 5.56 Å². The minimum absolute atomic E-state index is 0.169. The van der Waals surface area contributed by atoms with Crippen molar-refractivity contribution in [3.05, 3.63) is 30.1 Å². The summed E-state index contributed by atoms with van der Waals surface area (Å²) < 4.78 is 0. The number of hydroxylamine groups is 1. The molecule has 1 heterocycles. The van der Waals surface area contributed by atoms with Gasteiger partial charge in [-0.1, -0.05) is 6.07 Å². The van der Waals surface area contributed by atoms with Crippen molar-refractivity contribution in [2.45, 2.75) is 32.8 Å². The van der Waals surface area contributed by atoms with Crippen molar-refractivity contribution in [2.75, 3.05) is 0 Å². The Morgan fingerprint density at radius 3 is 2.80 bits per heavy atom. The van der Waals surface area contributed by atoms with Gasteiger partial charge in [-0.05, 0) is 32.4 Å². The average Bonchev–Trinajstić information content (AvgIpc) is 2.15. The van der Waals surface area contributed by atoms with E-state index in [0.29, 0.717) is 0 Å². The molecule has 0 aliphatic heterocycles. The first kappa shape index (κ1) is 11.7. The lowest BCUT2D eigenvalue weighted by Gasteiger charge is -2.18. The number of nitrogens with zero attached hydrogens (tertiary/aromatic N) is 1. The van der Waals surface area contributed by atoms with Crippen molar-refractivity contribution in [1.82, 2.24) is 10.5 Å². The van der Waals surface area contributed by atoms with Crippen molar-refractivity contribution >= 4 is 5.91 Å². The maximum Gasteiger partial charge on any atom is 0.248 e. The van der Waals surface area contributed by atoms with Gasteiger partial charge in [-0.15, -0.1) is 0 Å². The first-order chi connectivity index (χ1) is 6.97. The van der Waals surface area contributed by atoms with E-state index in [9.17, 15) is 4.79 Å². The normalized spacial score (nSPS) is 11.1. The molecule has 0 aromatic carbocycles. The third-order valence-electron chi connectivity index (χ3n) is 1.56. The van der Waals surface area contributed by atoms with Crippen LogP contribution in [0.4, 0.5) is 0 Å². The highest BCUT2D eigenvalue weighted by Crippen LogP contribution is 2.04. The number of aromatic nitrogens is 1. The Morgan fingerprint density at radius 1 is 1.53 bits per heavy atom. The molecule has 1 amide bonds. The summed E-state index contributed by atoms with van der Waals surface area (Å²) in [7, 11) is 0. The summed E-state index contributed by atoms with van der Waals surface area (Å²) in [6, 6.07) is 3.65. The van der Waals surface area contributed by atoms with Crippen LogP contribution in [0.15, 0.2) is 24.5 Å². The maximum absolute atomic E-state index is 11.4. The maximum atomic E-state index is 11.4. The van der Waals surface area contributed by atoms with E-state index in [4.69, 9.17) is 4.84 Å². The van der Waals surface area contributed by atoms with Gasteiger partial charge in [-0.3, -0.25) is 14.6 Å². The van der Waals surface area contributed by atoms with Crippen LogP contribution in [-0.2, 0) is 16.1 Å². The number of hydrogen-bond acceptors (Lipinski definition) is 3. The molecule has 0 radical (unpaired) electrons. The van der Waals surface area contributed by atoms with Gasteiger partial charge in [0.05, 0.1) is 12.0 Å². The lowest BCUT2D eigenvalue weighted by molar-refractivity contribution is -0.144. The fourth-order valence-corrected chi connectivity index (χ4v) is 0.934. The van der Waals surface area contributed by atoms with E-state index in [2.05, 4.69) is 10.5 Å². The average molecular weight is 208 g/mol. The molecule has 82 valence electrons. The topological polar surface area (TPSA) is 51.2 Å². The van der Waals surface area contributed by atoms with Crippen LogP contribution >= 0.6 is 0 Å². The summed E-state index contributed by atoms with van der Waals surface area (Å²) in [4.78, 5) is 20.5. The standard InChI is InChI=1S/C11H16N2O2/c1-11(2,3)15-13-10(14)7-9-5-4-6-12-8-9/h4-6,8H,7H2,1-3H3,(H,13,14). The first-order valence-electron chi connectivity index (χ1n) is 4.83. The van der Waals surface area contributed by atoms with E-state index in [1.54, 1.807) is 18.5 Å². The monoisotopic (exact) mass is 208 g/mol. The third-order valence-corrected chi connectivity index (χ3v) is 1.56. The highest BCUT2D eigenvalue weighted by molar-refractivity contribution is 5.77. The molecular formula is C11H16N2O2. The lowest BCUT2D eigenvalue weighted by Crippen LogP contribution is -2.34. The Labute approximate surface area is 89.6 Å².